The molecule has 0 heterocycles. The highest BCUT2D eigenvalue weighted by molar-refractivity contribution is 5.90. The molecule has 0 fully saturated rings. The highest BCUT2D eigenvalue weighted by Gasteiger charge is 2.26. The van der Waals surface area contributed by atoms with E-state index in [1.807, 2.05) is 72.8 Å². The van der Waals surface area contributed by atoms with Gasteiger partial charge in [0, 0.05) is 17.4 Å². The van der Waals surface area contributed by atoms with Crippen LogP contribution < -0.4 is 9.47 Å². The van der Waals surface area contributed by atoms with Crippen molar-refractivity contribution in [3.63, 3.8) is 0 Å². The van der Waals surface area contributed by atoms with Gasteiger partial charge in [0.25, 0.3) is 0 Å². The van der Waals surface area contributed by atoms with Gasteiger partial charge >= 0.3 is 12.3 Å². The van der Waals surface area contributed by atoms with E-state index >= 15 is 0 Å². The first kappa shape index (κ1) is 20.7. The van der Waals surface area contributed by atoms with Crippen molar-refractivity contribution in [1.29, 1.82) is 0 Å². The van der Waals surface area contributed by atoms with Crippen molar-refractivity contribution in [2.45, 2.75) is 19.1 Å². The predicted octanol–water partition coefficient (Wildman–Crippen LogP) is 5.09. The molecule has 31 heavy (non-hydrogen) atoms. The first-order chi connectivity index (χ1) is 15.3. The third-order valence-electron chi connectivity index (χ3n) is 4.96. The summed E-state index contributed by atoms with van der Waals surface area (Å²) in [6, 6.07) is 26.9. The Morgan fingerprint density at radius 1 is 0.710 bits per heavy atom. The first-order valence-electron chi connectivity index (χ1n) is 10.3. The minimum atomic E-state index is -1.27. The van der Waals surface area contributed by atoms with Crippen LogP contribution in [0.25, 0.3) is 21.5 Å². The van der Waals surface area contributed by atoms with Crippen LogP contribution in [0.1, 0.15) is 12.8 Å². The molecule has 0 bridgehead atoms. The second kappa shape index (κ2) is 9.96. The molecule has 158 valence electrons. The third-order valence-corrected chi connectivity index (χ3v) is 4.96. The molecule has 0 saturated carbocycles. The fourth-order valence-corrected chi connectivity index (χ4v) is 3.40. The zero-order valence-electron chi connectivity index (χ0n) is 17.1. The Bertz CT molecular complexity index is 1080. The Morgan fingerprint density at radius 2 is 1.23 bits per heavy atom. The molecule has 0 radical (unpaired) electrons. The zero-order chi connectivity index (χ0) is 21.5. The van der Waals surface area contributed by atoms with E-state index in [4.69, 9.17) is 19.3 Å². The zero-order valence-corrected chi connectivity index (χ0v) is 17.1. The van der Waals surface area contributed by atoms with Crippen molar-refractivity contribution < 1.29 is 24.1 Å². The molecule has 0 amide bonds. The number of carbonyl (C=O) groups is 1. The van der Waals surface area contributed by atoms with Crippen LogP contribution in [-0.4, -0.2) is 30.6 Å². The molecule has 0 aliphatic heterocycles. The standard InChI is InChI=1S/C26H24O5/c27-17-5-6-18-29-25(28)26(30-23-15-7-11-19-9-1-3-13-21(19)23)31-24-16-8-12-20-10-2-4-14-22(20)24/h1-4,7-16,26-27H,5-6,17-18H2. The molecular formula is C26H24O5. The number of hydrogen-bond acceptors (Lipinski definition) is 5. The number of fused-ring (bicyclic) bond motifs is 2. The van der Waals surface area contributed by atoms with Crippen molar-refractivity contribution >= 4 is 27.5 Å². The lowest BCUT2D eigenvalue weighted by atomic mass is 10.1. The molecule has 5 nitrogen and oxygen atoms in total. The van der Waals surface area contributed by atoms with Crippen LogP contribution in [0.3, 0.4) is 0 Å². The summed E-state index contributed by atoms with van der Waals surface area (Å²) in [5.41, 5.74) is 0. The number of benzene rings is 4. The molecule has 1 N–H and O–H groups in total. The highest BCUT2D eigenvalue weighted by Crippen LogP contribution is 2.29. The van der Waals surface area contributed by atoms with E-state index in [2.05, 4.69) is 0 Å². The maximum Gasteiger partial charge on any atom is 0.389 e. The number of carbonyl (C=O) groups excluding carboxylic acids is 1. The molecule has 0 atom stereocenters. The van der Waals surface area contributed by atoms with E-state index in [0.717, 1.165) is 21.5 Å². The van der Waals surface area contributed by atoms with E-state index in [0.29, 0.717) is 24.3 Å². The largest absolute Gasteiger partial charge is 0.460 e. The van der Waals surface area contributed by atoms with Gasteiger partial charge in [-0.05, 0) is 35.7 Å². The number of unbranched alkanes of at least 4 members (excludes halogenated alkanes) is 1. The molecule has 4 aromatic rings. The van der Waals surface area contributed by atoms with Crippen molar-refractivity contribution in [1.82, 2.24) is 0 Å². The van der Waals surface area contributed by atoms with Crippen LogP contribution in [0.4, 0.5) is 0 Å². The Morgan fingerprint density at radius 3 is 1.77 bits per heavy atom. The van der Waals surface area contributed by atoms with Crippen molar-refractivity contribution in [3.05, 3.63) is 84.9 Å². The van der Waals surface area contributed by atoms with E-state index < -0.39 is 12.3 Å². The van der Waals surface area contributed by atoms with Crippen molar-refractivity contribution in [3.8, 4) is 11.5 Å². The minimum absolute atomic E-state index is 0.0555. The fraction of sp³-hybridized carbons (Fsp3) is 0.192. The number of hydrogen-bond donors (Lipinski definition) is 1. The Hall–Kier alpha value is -3.57. The van der Waals surface area contributed by atoms with Gasteiger partial charge in [-0.3, -0.25) is 0 Å². The second-order valence-corrected chi connectivity index (χ2v) is 7.12. The first-order valence-corrected chi connectivity index (χ1v) is 10.3. The number of aliphatic hydroxyl groups excluding tert-OH is 1. The topological polar surface area (TPSA) is 65.0 Å². The van der Waals surface area contributed by atoms with E-state index in [1.54, 1.807) is 12.1 Å². The smallest absolute Gasteiger partial charge is 0.389 e. The maximum absolute atomic E-state index is 12.9. The average molecular weight is 416 g/mol. The molecule has 4 rings (SSSR count). The number of rotatable bonds is 9. The molecule has 0 spiro atoms. The molecular weight excluding hydrogens is 392 g/mol. The number of ether oxygens (including phenoxy) is 3. The Labute approximate surface area is 180 Å². The molecule has 0 aliphatic rings. The van der Waals surface area contributed by atoms with Gasteiger partial charge in [-0.15, -0.1) is 0 Å². The van der Waals surface area contributed by atoms with Crippen LogP contribution in [0.2, 0.25) is 0 Å². The van der Waals surface area contributed by atoms with Crippen LogP contribution in [-0.2, 0) is 9.53 Å². The van der Waals surface area contributed by atoms with Crippen LogP contribution in [0.5, 0.6) is 11.5 Å². The average Bonchev–Trinajstić information content (AvgIpc) is 2.81. The maximum atomic E-state index is 12.9. The summed E-state index contributed by atoms with van der Waals surface area (Å²) in [6.45, 7) is 0.244. The van der Waals surface area contributed by atoms with Gasteiger partial charge in [0.2, 0.25) is 0 Å². The summed E-state index contributed by atoms with van der Waals surface area (Å²) >= 11 is 0. The molecule has 5 heteroatoms. The number of esters is 1. The fourth-order valence-electron chi connectivity index (χ4n) is 3.40. The van der Waals surface area contributed by atoms with Crippen LogP contribution >= 0.6 is 0 Å². The summed E-state index contributed by atoms with van der Waals surface area (Å²) in [5, 5.41) is 12.7. The van der Waals surface area contributed by atoms with Gasteiger partial charge in [-0.1, -0.05) is 72.8 Å². The summed E-state index contributed by atoms with van der Waals surface area (Å²) in [7, 11) is 0. The second-order valence-electron chi connectivity index (χ2n) is 7.12. The quantitative estimate of drug-likeness (QED) is 0.234. The Kier molecular flexibility index (Phi) is 6.65. The monoisotopic (exact) mass is 416 g/mol. The van der Waals surface area contributed by atoms with Gasteiger partial charge in [0.1, 0.15) is 11.5 Å². The third kappa shape index (κ3) is 4.95. The van der Waals surface area contributed by atoms with Gasteiger partial charge in [-0.25, -0.2) is 4.79 Å². The van der Waals surface area contributed by atoms with Gasteiger partial charge in [0.15, 0.2) is 0 Å². The lowest BCUT2D eigenvalue weighted by molar-refractivity contribution is -0.165. The SMILES string of the molecule is O=C(OCCCCO)C(Oc1cccc2ccccc12)Oc1cccc2ccccc12. The summed E-state index contributed by atoms with van der Waals surface area (Å²) in [5.74, 6) is 0.463. The Balaban J connectivity index is 1.63. The molecule has 0 aliphatic carbocycles. The normalized spacial score (nSPS) is 11.0. The highest BCUT2D eigenvalue weighted by atomic mass is 16.7. The van der Waals surface area contributed by atoms with Crippen LogP contribution in [0, 0.1) is 0 Å². The molecule has 4 aromatic carbocycles. The van der Waals surface area contributed by atoms with Crippen molar-refractivity contribution in [2.24, 2.45) is 0 Å². The minimum Gasteiger partial charge on any atom is -0.460 e. The van der Waals surface area contributed by atoms with E-state index in [9.17, 15) is 4.79 Å². The van der Waals surface area contributed by atoms with Crippen LogP contribution in [0.15, 0.2) is 84.9 Å². The van der Waals surface area contributed by atoms with E-state index in [1.165, 1.54) is 0 Å². The molecule has 0 unspecified atom stereocenters. The molecule has 0 aromatic heterocycles. The van der Waals surface area contributed by atoms with E-state index in [-0.39, 0.29) is 13.2 Å². The lowest BCUT2D eigenvalue weighted by Gasteiger charge is -2.21. The summed E-state index contributed by atoms with van der Waals surface area (Å²) < 4.78 is 17.5. The van der Waals surface area contributed by atoms with Gasteiger partial charge in [-0.2, -0.15) is 0 Å². The van der Waals surface area contributed by atoms with Gasteiger partial charge < -0.3 is 19.3 Å². The summed E-state index contributed by atoms with van der Waals surface area (Å²) in [4.78, 5) is 12.9. The summed E-state index contributed by atoms with van der Waals surface area (Å²) in [6.07, 6.45) is -0.144. The van der Waals surface area contributed by atoms with Crippen molar-refractivity contribution in [2.75, 3.05) is 13.2 Å². The number of aliphatic hydroxyl groups is 1. The molecule has 0 saturated heterocycles. The van der Waals surface area contributed by atoms with Gasteiger partial charge in [0.05, 0.1) is 6.61 Å². The lowest BCUT2D eigenvalue weighted by Crippen LogP contribution is -2.35. The predicted molar refractivity (Wildman–Crippen MR) is 120 cm³/mol.